The maximum absolute atomic E-state index is 12.9. The molecule has 1 amide bonds. The zero-order valence-electron chi connectivity index (χ0n) is 23.1. The topological polar surface area (TPSA) is 107 Å². The van der Waals surface area contributed by atoms with Gasteiger partial charge in [-0.15, -0.1) is 0 Å². The van der Waals surface area contributed by atoms with Crippen LogP contribution in [-0.4, -0.2) is 60.3 Å². The third kappa shape index (κ3) is 6.27. The Balaban J connectivity index is 1.05. The Morgan fingerprint density at radius 3 is 2.20 bits per heavy atom. The lowest BCUT2D eigenvalue weighted by Gasteiger charge is -2.32. The second-order valence-corrected chi connectivity index (χ2v) is 13.2. The molecule has 3 N–H and O–H groups in total. The number of nitrogens with zero attached hydrogens (tertiary/aromatic N) is 2. The Morgan fingerprint density at radius 2 is 1.56 bits per heavy atom. The first kappa shape index (κ1) is 27.4. The highest BCUT2D eigenvalue weighted by Crippen LogP contribution is 2.28. The number of aromatic amines is 1. The first-order chi connectivity index (χ1) is 19.8. The highest BCUT2D eigenvalue weighted by molar-refractivity contribution is 7.91. The minimum atomic E-state index is -2.91. The van der Waals surface area contributed by atoms with Crippen LogP contribution in [0.5, 0.6) is 0 Å². The van der Waals surface area contributed by atoms with Crippen molar-refractivity contribution in [2.24, 2.45) is 0 Å². The number of hydrogen-bond acceptors (Lipinski definition) is 6. The summed E-state index contributed by atoms with van der Waals surface area (Å²) in [5.74, 6) is 1.25. The summed E-state index contributed by atoms with van der Waals surface area (Å²) in [5.41, 5.74) is 6.62. The summed E-state index contributed by atoms with van der Waals surface area (Å²) in [5, 5.41) is 6.45. The summed E-state index contributed by atoms with van der Waals surface area (Å²) < 4.78 is 23.5. The fraction of sp³-hybridized carbons (Fsp3) is 0.312. The maximum atomic E-state index is 12.9. The molecule has 9 heteroatoms. The number of nitrogens with one attached hydrogen (secondary N) is 3. The molecule has 0 saturated carbocycles. The molecular weight excluding hydrogens is 534 g/mol. The Hall–Kier alpha value is -3.79. The van der Waals surface area contributed by atoms with Gasteiger partial charge < -0.3 is 15.6 Å². The van der Waals surface area contributed by atoms with Gasteiger partial charge in [0.1, 0.15) is 5.82 Å². The quantitative estimate of drug-likeness (QED) is 0.282. The molecular formula is C32H35N5O3S. The van der Waals surface area contributed by atoms with Crippen LogP contribution in [0.3, 0.4) is 0 Å². The van der Waals surface area contributed by atoms with Crippen LogP contribution >= 0.6 is 0 Å². The predicted octanol–water partition coefficient (Wildman–Crippen LogP) is 5.21. The van der Waals surface area contributed by atoms with Crippen molar-refractivity contribution in [1.82, 2.24) is 20.2 Å². The van der Waals surface area contributed by atoms with Crippen molar-refractivity contribution in [1.29, 1.82) is 0 Å². The lowest BCUT2D eigenvalue weighted by atomic mass is 10.0. The lowest BCUT2D eigenvalue weighted by Crippen LogP contribution is -2.41. The summed E-state index contributed by atoms with van der Waals surface area (Å²) in [4.78, 5) is 23.1. The maximum Gasteiger partial charge on any atom is 0.255 e. The highest BCUT2D eigenvalue weighted by Gasteiger charge is 2.25. The fourth-order valence-corrected chi connectivity index (χ4v) is 6.84. The molecule has 0 spiro atoms. The van der Waals surface area contributed by atoms with Gasteiger partial charge in [-0.2, -0.15) is 0 Å². The van der Waals surface area contributed by atoms with Crippen LogP contribution in [0.4, 0.5) is 5.69 Å². The van der Waals surface area contributed by atoms with Gasteiger partial charge in [0.25, 0.3) is 5.91 Å². The third-order valence-electron chi connectivity index (χ3n) is 8.24. The van der Waals surface area contributed by atoms with Crippen LogP contribution in [0.2, 0.25) is 0 Å². The number of aromatic nitrogens is 2. The Bertz CT molecular complexity index is 1590. The van der Waals surface area contributed by atoms with Gasteiger partial charge in [-0.3, -0.25) is 9.69 Å². The molecule has 2 fully saturated rings. The van der Waals surface area contributed by atoms with E-state index in [0.717, 1.165) is 52.4 Å². The van der Waals surface area contributed by atoms with Crippen molar-refractivity contribution in [3.63, 3.8) is 0 Å². The summed E-state index contributed by atoms with van der Waals surface area (Å²) in [6.07, 6.45) is 4.19. The van der Waals surface area contributed by atoms with E-state index in [2.05, 4.69) is 56.7 Å². The SMILES string of the molecule is CC(c1ccc(NC(=O)c2ccc(-c3ccc(-c4cnc([C@@H]5CCCN5)[nH]4)cc3)cc2)cc1)N1CCS(=O)(=O)CC1. The van der Waals surface area contributed by atoms with Gasteiger partial charge in [0.2, 0.25) is 0 Å². The van der Waals surface area contributed by atoms with E-state index in [0.29, 0.717) is 24.7 Å². The van der Waals surface area contributed by atoms with E-state index >= 15 is 0 Å². The normalized spacial score (nSPS) is 19.6. The van der Waals surface area contributed by atoms with Crippen LogP contribution in [0, 0.1) is 0 Å². The average Bonchev–Trinajstić information content (AvgIpc) is 3.70. The first-order valence-electron chi connectivity index (χ1n) is 14.2. The smallest absolute Gasteiger partial charge is 0.255 e. The van der Waals surface area contributed by atoms with Crippen LogP contribution in [0.15, 0.2) is 79.0 Å². The Morgan fingerprint density at radius 1 is 0.927 bits per heavy atom. The zero-order chi connectivity index (χ0) is 28.4. The van der Waals surface area contributed by atoms with E-state index in [1.165, 1.54) is 6.42 Å². The summed E-state index contributed by atoms with van der Waals surface area (Å²) in [6, 6.07) is 24.2. The van der Waals surface area contributed by atoms with E-state index in [1.54, 1.807) is 0 Å². The first-order valence-corrected chi connectivity index (χ1v) is 16.0. The lowest BCUT2D eigenvalue weighted by molar-refractivity contribution is 0.102. The number of H-pyrrole nitrogens is 1. The Kier molecular flexibility index (Phi) is 7.75. The number of imidazole rings is 1. The number of benzene rings is 3. The number of hydrogen-bond donors (Lipinski definition) is 3. The van der Waals surface area contributed by atoms with Crippen LogP contribution in [0.1, 0.15) is 53.6 Å². The van der Waals surface area contributed by atoms with Crippen LogP contribution < -0.4 is 10.6 Å². The van der Waals surface area contributed by atoms with Gasteiger partial charge in [0.05, 0.1) is 29.4 Å². The van der Waals surface area contributed by atoms with Crippen molar-refractivity contribution in [2.75, 3.05) is 36.5 Å². The van der Waals surface area contributed by atoms with Crippen LogP contribution in [-0.2, 0) is 9.84 Å². The molecule has 2 atom stereocenters. The Labute approximate surface area is 241 Å². The van der Waals surface area contributed by atoms with E-state index in [-0.39, 0.29) is 23.5 Å². The number of carbonyl (C=O) groups is 1. The largest absolute Gasteiger partial charge is 0.341 e. The van der Waals surface area contributed by atoms with Crippen molar-refractivity contribution < 1.29 is 13.2 Å². The zero-order valence-corrected chi connectivity index (χ0v) is 24.0. The summed E-state index contributed by atoms with van der Waals surface area (Å²) >= 11 is 0. The molecule has 3 heterocycles. The minimum absolute atomic E-state index is 0.114. The standard InChI is InChI=1S/C32H35N5O3S/c1-22(37-17-19-41(39,40)20-18-37)23-12-14-28(15-13-23)35-32(38)27-10-6-25(7-11-27)24-4-8-26(9-5-24)30-21-34-31(36-30)29-3-2-16-33-29/h4-15,21-22,29,33H,2-3,16-20H2,1H3,(H,34,36)(H,35,38)/t22?,29-/m0/s1. The fourth-order valence-electron chi connectivity index (χ4n) is 5.61. The molecule has 8 nitrogen and oxygen atoms in total. The van der Waals surface area contributed by atoms with E-state index in [1.807, 2.05) is 54.7 Å². The monoisotopic (exact) mass is 569 g/mol. The molecule has 3 aromatic carbocycles. The molecule has 212 valence electrons. The van der Waals surface area contributed by atoms with Gasteiger partial charge in [-0.05, 0) is 72.8 Å². The number of anilines is 1. The summed E-state index contributed by atoms with van der Waals surface area (Å²) in [7, 11) is -2.91. The highest BCUT2D eigenvalue weighted by atomic mass is 32.2. The second kappa shape index (κ2) is 11.6. The van der Waals surface area contributed by atoms with Gasteiger partial charge in [-0.25, -0.2) is 13.4 Å². The molecule has 6 rings (SSSR count). The molecule has 1 unspecified atom stereocenters. The average molecular weight is 570 g/mol. The molecule has 2 aliphatic heterocycles. The van der Waals surface area contributed by atoms with Crippen molar-refractivity contribution in [2.45, 2.75) is 31.8 Å². The molecule has 41 heavy (non-hydrogen) atoms. The summed E-state index contributed by atoms with van der Waals surface area (Å²) in [6.45, 7) is 4.22. The van der Waals surface area contributed by atoms with Gasteiger partial charge >= 0.3 is 0 Å². The number of sulfone groups is 1. The molecule has 2 aliphatic rings. The number of rotatable bonds is 7. The molecule has 1 aromatic heterocycles. The molecule has 0 bridgehead atoms. The number of carbonyl (C=O) groups excluding carboxylic acids is 1. The van der Waals surface area contributed by atoms with Crippen LogP contribution in [0.25, 0.3) is 22.4 Å². The minimum Gasteiger partial charge on any atom is -0.341 e. The van der Waals surface area contributed by atoms with Crippen molar-refractivity contribution in [3.8, 4) is 22.4 Å². The predicted molar refractivity (Wildman–Crippen MR) is 162 cm³/mol. The van der Waals surface area contributed by atoms with Gasteiger partial charge in [0, 0.05) is 30.4 Å². The molecule has 0 radical (unpaired) electrons. The van der Waals surface area contributed by atoms with E-state index in [4.69, 9.17) is 0 Å². The van der Waals surface area contributed by atoms with Gasteiger partial charge in [-0.1, -0.05) is 48.5 Å². The molecule has 0 aliphatic carbocycles. The molecule has 4 aromatic rings. The van der Waals surface area contributed by atoms with Gasteiger partial charge in [0.15, 0.2) is 9.84 Å². The molecule has 2 saturated heterocycles. The van der Waals surface area contributed by atoms with Crippen molar-refractivity contribution in [3.05, 3.63) is 95.9 Å². The second-order valence-electron chi connectivity index (χ2n) is 10.9. The third-order valence-corrected chi connectivity index (χ3v) is 9.85. The van der Waals surface area contributed by atoms with E-state index in [9.17, 15) is 13.2 Å². The van der Waals surface area contributed by atoms with Crippen molar-refractivity contribution >= 4 is 21.4 Å². The number of amides is 1. The van der Waals surface area contributed by atoms with E-state index < -0.39 is 9.84 Å².